The van der Waals surface area contributed by atoms with E-state index in [0.29, 0.717) is 5.75 Å². The Hall–Kier alpha value is -1.03. The van der Waals surface area contributed by atoms with Crippen LogP contribution in [0.4, 0.5) is 0 Å². The van der Waals surface area contributed by atoms with Crippen molar-refractivity contribution in [3.05, 3.63) is 22.3 Å². The minimum absolute atomic E-state index is 0.221. The molecule has 0 fully saturated rings. The highest BCUT2D eigenvalue weighted by molar-refractivity contribution is 9.09. The summed E-state index contributed by atoms with van der Waals surface area (Å²) in [6.45, 7) is 7.44. The molecule has 1 aliphatic heterocycles. The quantitative estimate of drug-likeness (QED) is 0.483. The molecule has 0 amide bonds. The maximum atomic E-state index is 11.2. The van der Waals surface area contributed by atoms with Crippen molar-refractivity contribution in [2.45, 2.75) is 46.6 Å². The summed E-state index contributed by atoms with van der Waals surface area (Å²) in [6, 6.07) is 0. The summed E-state index contributed by atoms with van der Waals surface area (Å²) in [7, 11) is 0. The first-order valence-corrected chi connectivity index (χ1v) is 7.61. The zero-order valence-electron chi connectivity index (χ0n) is 11.8. The van der Waals surface area contributed by atoms with Gasteiger partial charge >= 0.3 is 5.97 Å². The summed E-state index contributed by atoms with van der Waals surface area (Å²) in [4.78, 5) is 11.2. The van der Waals surface area contributed by atoms with Crippen LogP contribution < -0.4 is 9.47 Å². The Labute approximate surface area is 122 Å². The van der Waals surface area contributed by atoms with Crippen molar-refractivity contribution in [3.8, 4) is 11.5 Å². The lowest BCUT2D eigenvalue weighted by Crippen LogP contribution is -2.13. The highest BCUT2D eigenvalue weighted by Gasteiger charge is 2.29. The number of ether oxygens (including phenoxy) is 2. The molecule has 0 saturated heterocycles. The first-order chi connectivity index (χ1) is 8.95. The van der Waals surface area contributed by atoms with Gasteiger partial charge in [-0.05, 0) is 43.9 Å². The third kappa shape index (κ3) is 2.64. The zero-order chi connectivity index (χ0) is 14.2. The second kappa shape index (κ2) is 5.53. The van der Waals surface area contributed by atoms with Crippen LogP contribution in [0.1, 0.15) is 35.6 Å². The lowest BCUT2D eigenvalue weighted by atomic mass is 9.95. The van der Waals surface area contributed by atoms with Gasteiger partial charge in [0.05, 0.1) is 0 Å². The molecular weight excluding hydrogens is 308 g/mol. The second-order valence-corrected chi connectivity index (χ2v) is 5.82. The lowest BCUT2D eigenvalue weighted by Gasteiger charge is -2.16. The standard InChI is InChI=1S/C15H19BrO3/c1-8-9(2)15-13(7-12(19-15)5-6-16)10(3)14(8)18-11(4)17/h12H,5-7H2,1-4H3. The molecule has 1 aromatic rings. The van der Waals surface area contributed by atoms with E-state index >= 15 is 0 Å². The van der Waals surface area contributed by atoms with Crippen molar-refractivity contribution < 1.29 is 14.3 Å². The van der Waals surface area contributed by atoms with E-state index < -0.39 is 0 Å². The van der Waals surface area contributed by atoms with E-state index in [4.69, 9.17) is 9.47 Å². The summed E-state index contributed by atoms with van der Waals surface area (Å²) in [6.07, 6.45) is 2.09. The van der Waals surface area contributed by atoms with E-state index in [1.54, 1.807) is 0 Å². The van der Waals surface area contributed by atoms with Crippen LogP contribution in [0.2, 0.25) is 0 Å². The van der Waals surface area contributed by atoms with E-state index in [2.05, 4.69) is 15.9 Å². The van der Waals surface area contributed by atoms with Gasteiger partial charge in [0.15, 0.2) is 0 Å². The van der Waals surface area contributed by atoms with Gasteiger partial charge in [0.1, 0.15) is 17.6 Å². The molecule has 0 aromatic heterocycles. The van der Waals surface area contributed by atoms with E-state index in [9.17, 15) is 4.79 Å². The molecule has 0 N–H and O–H groups in total. The summed E-state index contributed by atoms with van der Waals surface area (Å²) in [5, 5.41) is 0.930. The molecule has 2 rings (SSSR count). The number of esters is 1. The van der Waals surface area contributed by atoms with Crippen molar-refractivity contribution in [3.63, 3.8) is 0 Å². The van der Waals surface area contributed by atoms with E-state index in [1.165, 1.54) is 12.5 Å². The normalized spacial score (nSPS) is 17.0. The Morgan fingerprint density at radius 2 is 2.00 bits per heavy atom. The monoisotopic (exact) mass is 326 g/mol. The van der Waals surface area contributed by atoms with Gasteiger partial charge in [-0.25, -0.2) is 0 Å². The first kappa shape index (κ1) is 14.4. The van der Waals surface area contributed by atoms with E-state index in [0.717, 1.165) is 40.6 Å². The minimum Gasteiger partial charge on any atom is -0.489 e. The Bertz CT molecular complexity index is 523. The number of rotatable bonds is 3. The van der Waals surface area contributed by atoms with Crippen LogP contribution in [-0.4, -0.2) is 17.4 Å². The van der Waals surface area contributed by atoms with Gasteiger partial charge < -0.3 is 9.47 Å². The summed E-state index contributed by atoms with van der Waals surface area (Å²) in [5.41, 5.74) is 4.29. The van der Waals surface area contributed by atoms with Crippen molar-refractivity contribution in [2.75, 3.05) is 5.33 Å². The van der Waals surface area contributed by atoms with Gasteiger partial charge in [-0.15, -0.1) is 0 Å². The van der Waals surface area contributed by atoms with Crippen LogP contribution in [0, 0.1) is 20.8 Å². The maximum absolute atomic E-state index is 11.2. The number of carbonyl (C=O) groups is 1. The molecule has 0 saturated carbocycles. The molecule has 104 valence electrons. The molecule has 4 heteroatoms. The third-order valence-electron chi connectivity index (χ3n) is 3.70. The number of halogens is 1. The molecular formula is C15H19BrO3. The SMILES string of the molecule is CC(=O)Oc1c(C)c(C)c2c(c1C)CC(CCBr)O2. The van der Waals surface area contributed by atoms with Crippen molar-refractivity contribution in [1.29, 1.82) is 0 Å². The average Bonchev–Trinajstić information content (AvgIpc) is 2.76. The molecule has 1 aliphatic rings. The van der Waals surface area contributed by atoms with Crippen molar-refractivity contribution in [2.24, 2.45) is 0 Å². The number of hydrogen-bond acceptors (Lipinski definition) is 3. The van der Waals surface area contributed by atoms with Crippen LogP contribution in [-0.2, 0) is 11.2 Å². The van der Waals surface area contributed by atoms with Crippen LogP contribution in [0.3, 0.4) is 0 Å². The number of alkyl halides is 1. The molecule has 0 bridgehead atoms. The second-order valence-electron chi connectivity index (χ2n) is 5.03. The van der Waals surface area contributed by atoms with Gasteiger partial charge in [-0.1, -0.05) is 15.9 Å². The summed E-state index contributed by atoms with van der Waals surface area (Å²) in [5.74, 6) is 1.41. The fourth-order valence-electron chi connectivity index (χ4n) is 2.58. The van der Waals surface area contributed by atoms with E-state index in [1.807, 2.05) is 20.8 Å². The Balaban J connectivity index is 2.46. The molecule has 1 atom stereocenters. The third-order valence-corrected chi connectivity index (χ3v) is 4.16. The van der Waals surface area contributed by atoms with Crippen molar-refractivity contribution in [1.82, 2.24) is 0 Å². The average molecular weight is 327 g/mol. The fourth-order valence-corrected chi connectivity index (χ4v) is 3.09. The molecule has 0 radical (unpaired) electrons. The van der Waals surface area contributed by atoms with Gasteiger partial charge in [0.25, 0.3) is 0 Å². The highest BCUT2D eigenvalue weighted by atomic mass is 79.9. The Kier molecular flexibility index (Phi) is 4.19. The Morgan fingerprint density at radius 3 is 2.58 bits per heavy atom. The molecule has 1 unspecified atom stereocenters. The minimum atomic E-state index is -0.276. The van der Waals surface area contributed by atoms with Gasteiger partial charge in [0.2, 0.25) is 0 Å². The lowest BCUT2D eigenvalue weighted by molar-refractivity contribution is -0.131. The molecule has 19 heavy (non-hydrogen) atoms. The largest absolute Gasteiger partial charge is 0.489 e. The van der Waals surface area contributed by atoms with Crippen LogP contribution in [0.5, 0.6) is 11.5 Å². The summed E-state index contributed by atoms with van der Waals surface area (Å²) < 4.78 is 11.4. The topological polar surface area (TPSA) is 35.5 Å². The molecule has 3 nitrogen and oxygen atoms in total. The van der Waals surface area contributed by atoms with Crippen LogP contribution in [0.15, 0.2) is 0 Å². The van der Waals surface area contributed by atoms with Gasteiger partial charge in [-0.3, -0.25) is 4.79 Å². The highest BCUT2D eigenvalue weighted by Crippen LogP contribution is 2.42. The number of fused-ring (bicyclic) bond motifs is 1. The van der Waals surface area contributed by atoms with Gasteiger partial charge in [-0.2, -0.15) is 0 Å². The fraction of sp³-hybridized carbons (Fsp3) is 0.533. The Morgan fingerprint density at radius 1 is 1.32 bits per heavy atom. The number of hydrogen-bond donors (Lipinski definition) is 0. The van der Waals surface area contributed by atoms with Crippen LogP contribution >= 0.6 is 15.9 Å². The molecule has 0 spiro atoms. The predicted molar refractivity (Wildman–Crippen MR) is 78.5 cm³/mol. The predicted octanol–water partition coefficient (Wildman–Crippen LogP) is 3.63. The molecule has 1 aromatic carbocycles. The van der Waals surface area contributed by atoms with Crippen molar-refractivity contribution >= 4 is 21.9 Å². The first-order valence-electron chi connectivity index (χ1n) is 6.49. The maximum Gasteiger partial charge on any atom is 0.308 e. The molecule has 0 aliphatic carbocycles. The number of benzene rings is 1. The zero-order valence-corrected chi connectivity index (χ0v) is 13.4. The molecule has 1 heterocycles. The smallest absolute Gasteiger partial charge is 0.308 e. The van der Waals surface area contributed by atoms with Gasteiger partial charge in [0, 0.05) is 24.2 Å². The van der Waals surface area contributed by atoms with Crippen LogP contribution in [0.25, 0.3) is 0 Å². The van der Waals surface area contributed by atoms with E-state index in [-0.39, 0.29) is 12.1 Å². The summed E-state index contributed by atoms with van der Waals surface area (Å²) >= 11 is 3.45. The number of carbonyl (C=O) groups excluding carboxylic acids is 1.